The minimum absolute atomic E-state index is 0.0771. The van der Waals surface area contributed by atoms with E-state index >= 15 is 0 Å². The molecular formula is C19H23ClN4O. The summed E-state index contributed by atoms with van der Waals surface area (Å²) in [7, 11) is 0. The molecule has 1 saturated carbocycles. The maximum Gasteiger partial charge on any atom is 0.322 e. The van der Waals surface area contributed by atoms with E-state index in [2.05, 4.69) is 22.4 Å². The number of aromatic amines is 1. The van der Waals surface area contributed by atoms with Crippen molar-refractivity contribution in [1.82, 2.24) is 15.1 Å². The Labute approximate surface area is 152 Å². The molecule has 132 valence electrons. The SMILES string of the molecule is CCc1ccc(NC(=O)N2CCc3[nH]nc(C4CCC4)c3C2)cc1Cl. The molecule has 2 N–H and O–H groups in total. The van der Waals surface area contributed by atoms with Gasteiger partial charge in [0.25, 0.3) is 0 Å². The van der Waals surface area contributed by atoms with Crippen LogP contribution in [0.4, 0.5) is 10.5 Å². The van der Waals surface area contributed by atoms with E-state index in [-0.39, 0.29) is 6.03 Å². The zero-order chi connectivity index (χ0) is 17.4. The zero-order valence-electron chi connectivity index (χ0n) is 14.4. The Morgan fingerprint density at radius 3 is 2.96 bits per heavy atom. The van der Waals surface area contributed by atoms with Gasteiger partial charge in [-0.15, -0.1) is 0 Å². The van der Waals surface area contributed by atoms with E-state index in [4.69, 9.17) is 11.6 Å². The van der Waals surface area contributed by atoms with Crippen molar-refractivity contribution in [2.75, 3.05) is 11.9 Å². The third-order valence-electron chi connectivity index (χ3n) is 5.43. The summed E-state index contributed by atoms with van der Waals surface area (Å²) in [6.07, 6.45) is 5.42. The van der Waals surface area contributed by atoms with Gasteiger partial charge in [0.15, 0.2) is 0 Å². The predicted molar refractivity (Wildman–Crippen MR) is 99.1 cm³/mol. The van der Waals surface area contributed by atoms with Crippen molar-refractivity contribution in [3.05, 3.63) is 45.7 Å². The predicted octanol–water partition coefficient (Wildman–Crippen LogP) is 4.48. The van der Waals surface area contributed by atoms with E-state index in [0.29, 0.717) is 24.0 Å². The number of nitrogens with one attached hydrogen (secondary N) is 2. The van der Waals surface area contributed by atoms with Crippen LogP contribution < -0.4 is 5.32 Å². The van der Waals surface area contributed by atoms with Gasteiger partial charge in [-0.1, -0.05) is 31.0 Å². The number of benzene rings is 1. The Bertz CT molecular complexity index is 797. The van der Waals surface area contributed by atoms with Crippen LogP contribution in [-0.2, 0) is 19.4 Å². The molecule has 6 heteroatoms. The third kappa shape index (κ3) is 3.13. The summed E-state index contributed by atoms with van der Waals surface area (Å²) in [5.41, 5.74) is 5.43. The molecule has 1 aromatic carbocycles. The highest BCUT2D eigenvalue weighted by molar-refractivity contribution is 6.31. The molecule has 0 spiro atoms. The molecular weight excluding hydrogens is 336 g/mol. The van der Waals surface area contributed by atoms with Gasteiger partial charge in [0.05, 0.1) is 12.2 Å². The number of hydrogen-bond acceptors (Lipinski definition) is 2. The van der Waals surface area contributed by atoms with Crippen LogP contribution in [0.3, 0.4) is 0 Å². The fraction of sp³-hybridized carbons (Fsp3) is 0.474. The van der Waals surface area contributed by atoms with Crippen LogP contribution in [-0.4, -0.2) is 27.7 Å². The summed E-state index contributed by atoms with van der Waals surface area (Å²) in [5, 5.41) is 11.4. The number of hydrogen-bond donors (Lipinski definition) is 2. The molecule has 2 aliphatic rings. The molecule has 2 heterocycles. The van der Waals surface area contributed by atoms with Gasteiger partial charge in [-0.25, -0.2) is 4.79 Å². The van der Waals surface area contributed by atoms with Gasteiger partial charge in [0, 0.05) is 40.9 Å². The summed E-state index contributed by atoms with van der Waals surface area (Å²) < 4.78 is 0. The number of fused-ring (bicyclic) bond motifs is 1. The second-order valence-corrected chi connectivity index (χ2v) is 7.36. The molecule has 0 radical (unpaired) electrons. The van der Waals surface area contributed by atoms with Crippen LogP contribution in [0.5, 0.6) is 0 Å². The highest BCUT2D eigenvalue weighted by Crippen LogP contribution is 2.38. The first-order chi connectivity index (χ1) is 12.2. The van der Waals surface area contributed by atoms with Gasteiger partial charge in [-0.3, -0.25) is 5.10 Å². The Balaban J connectivity index is 1.46. The topological polar surface area (TPSA) is 61.0 Å². The maximum atomic E-state index is 12.7. The molecule has 0 unspecified atom stereocenters. The van der Waals surface area contributed by atoms with Crippen molar-refractivity contribution < 1.29 is 4.79 Å². The van der Waals surface area contributed by atoms with E-state index in [9.17, 15) is 4.79 Å². The summed E-state index contributed by atoms with van der Waals surface area (Å²) in [6.45, 7) is 3.39. The average Bonchev–Trinajstić information content (AvgIpc) is 2.96. The van der Waals surface area contributed by atoms with Crippen LogP contribution in [0, 0.1) is 0 Å². The van der Waals surface area contributed by atoms with Gasteiger partial charge in [0.2, 0.25) is 0 Å². The Hall–Kier alpha value is -2.01. The summed E-state index contributed by atoms with van der Waals surface area (Å²) in [4.78, 5) is 14.5. The minimum atomic E-state index is -0.0771. The van der Waals surface area contributed by atoms with Gasteiger partial charge in [-0.05, 0) is 37.0 Å². The fourth-order valence-corrected chi connectivity index (χ4v) is 3.94. The van der Waals surface area contributed by atoms with Gasteiger partial charge >= 0.3 is 6.03 Å². The molecule has 5 nitrogen and oxygen atoms in total. The van der Waals surface area contributed by atoms with E-state index in [1.807, 2.05) is 23.1 Å². The number of nitrogens with zero attached hydrogens (tertiary/aromatic N) is 2. The summed E-state index contributed by atoms with van der Waals surface area (Å²) >= 11 is 6.25. The van der Waals surface area contributed by atoms with Crippen molar-refractivity contribution in [2.24, 2.45) is 0 Å². The number of aryl methyl sites for hydroxylation is 1. The number of carbonyl (C=O) groups is 1. The van der Waals surface area contributed by atoms with Gasteiger partial charge in [-0.2, -0.15) is 5.10 Å². The molecule has 25 heavy (non-hydrogen) atoms. The quantitative estimate of drug-likeness (QED) is 0.849. The highest BCUT2D eigenvalue weighted by Gasteiger charge is 2.30. The Kier molecular flexibility index (Phi) is 4.42. The number of rotatable bonds is 3. The van der Waals surface area contributed by atoms with Gasteiger partial charge < -0.3 is 10.2 Å². The number of aromatic nitrogens is 2. The fourth-order valence-electron chi connectivity index (χ4n) is 3.62. The molecule has 2 aromatic rings. The average molecular weight is 359 g/mol. The summed E-state index contributed by atoms with van der Waals surface area (Å²) in [5.74, 6) is 0.573. The van der Waals surface area contributed by atoms with Crippen molar-refractivity contribution in [3.63, 3.8) is 0 Å². The van der Waals surface area contributed by atoms with E-state index < -0.39 is 0 Å². The molecule has 1 aliphatic heterocycles. The molecule has 0 saturated heterocycles. The Morgan fingerprint density at radius 2 is 2.28 bits per heavy atom. The van der Waals surface area contributed by atoms with Crippen molar-refractivity contribution in [1.29, 1.82) is 0 Å². The molecule has 1 fully saturated rings. The lowest BCUT2D eigenvalue weighted by Crippen LogP contribution is -2.39. The van der Waals surface area contributed by atoms with Crippen LogP contribution in [0.2, 0.25) is 5.02 Å². The van der Waals surface area contributed by atoms with E-state index in [1.165, 1.54) is 36.2 Å². The van der Waals surface area contributed by atoms with E-state index in [1.54, 1.807) is 0 Å². The summed E-state index contributed by atoms with van der Waals surface area (Å²) in [6, 6.07) is 5.63. The maximum absolute atomic E-state index is 12.7. The molecule has 0 bridgehead atoms. The number of urea groups is 1. The first-order valence-electron chi connectivity index (χ1n) is 9.06. The third-order valence-corrected chi connectivity index (χ3v) is 5.78. The monoisotopic (exact) mass is 358 g/mol. The number of halogens is 1. The number of amides is 2. The van der Waals surface area contributed by atoms with Crippen LogP contribution in [0.1, 0.15) is 54.6 Å². The van der Waals surface area contributed by atoms with Crippen LogP contribution in [0.15, 0.2) is 18.2 Å². The van der Waals surface area contributed by atoms with Crippen molar-refractivity contribution in [2.45, 2.75) is 51.5 Å². The normalized spacial score (nSPS) is 17.1. The van der Waals surface area contributed by atoms with E-state index in [0.717, 1.165) is 24.1 Å². The van der Waals surface area contributed by atoms with Crippen molar-refractivity contribution in [3.8, 4) is 0 Å². The zero-order valence-corrected chi connectivity index (χ0v) is 15.2. The molecule has 4 rings (SSSR count). The number of H-pyrrole nitrogens is 1. The largest absolute Gasteiger partial charge is 0.322 e. The first-order valence-corrected chi connectivity index (χ1v) is 9.44. The van der Waals surface area contributed by atoms with Gasteiger partial charge in [0.1, 0.15) is 0 Å². The van der Waals surface area contributed by atoms with Crippen LogP contribution in [0.25, 0.3) is 0 Å². The van der Waals surface area contributed by atoms with Crippen molar-refractivity contribution >= 4 is 23.3 Å². The lowest BCUT2D eigenvalue weighted by molar-refractivity contribution is 0.205. The first kappa shape index (κ1) is 16.5. The molecule has 0 atom stereocenters. The second-order valence-electron chi connectivity index (χ2n) is 6.96. The highest BCUT2D eigenvalue weighted by atomic mass is 35.5. The molecule has 1 aliphatic carbocycles. The standard InChI is InChI=1S/C19H23ClN4O/c1-2-12-6-7-14(10-16(12)20)21-19(25)24-9-8-17-15(11-24)18(23-22-17)13-4-3-5-13/h6-7,10,13H,2-5,8-9,11H2,1H3,(H,21,25)(H,22,23). The Morgan fingerprint density at radius 1 is 1.44 bits per heavy atom. The molecule has 1 aromatic heterocycles. The minimum Gasteiger partial charge on any atom is -0.320 e. The molecule has 2 amide bonds. The second kappa shape index (κ2) is 6.71. The van der Waals surface area contributed by atoms with Crippen LogP contribution >= 0.6 is 11.6 Å². The number of carbonyl (C=O) groups excluding carboxylic acids is 1. The lowest BCUT2D eigenvalue weighted by Gasteiger charge is -2.30. The smallest absolute Gasteiger partial charge is 0.320 e. The lowest BCUT2D eigenvalue weighted by atomic mass is 9.81. The number of anilines is 1.